The van der Waals surface area contributed by atoms with Crippen molar-refractivity contribution < 1.29 is 0 Å². The van der Waals surface area contributed by atoms with Crippen molar-refractivity contribution in [3.05, 3.63) is 58.6 Å². The topological polar surface area (TPSA) is 35.8 Å². The fourth-order valence-corrected chi connectivity index (χ4v) is 1.75. The summed E-state index contributed by atoms with van der Waals surface area (Å²) in [6, 6.07) is 15.2. The lowest BCUT2D eigenvalue weighted by Gasteiger charge is -2.10. The normalized spacial score (nSPS) is 9.71. The van der Waals surface area contributed by atoms with Gasteiger partial charge in [-0.25, -0.2) is 0 Å². The molecule has 2 aromatic carbocycles. The largest absolute Gasteiger partial charge is 0.354 e. The van der Waals surface area contributed by atoms with Crippen LogP contribution in [-0.2, 0) is 0 Å². The van der Waals surface area contributed by atoms with Crippen molar-refractivity contribution in [1.29, 1.82) is 5.26 Å². The van der Waals surface area contributed by atoms with Crippen LogP contribution >= 0.6 is 11.6 Å². The third kappa shape index (κ3) is 2.58. The number of aryl methyl sites for hydroxylation is 1. The second-order valence-corrected chi connectivity index (χ2v) is 4.18. The van der Waals surface area contributed by atoms with Crippen LogP contribution in [0.25, 0.3) is 0 Å². The second kappa shape index (κ2) is 4.90. The summed E-state index contributed by atoms with van der Waals surface area (Å²) < 4.78 is 0. The highest BCUT2D eigenvalue weighted by molar-refractivity contribution is 6.30. The van der Waals surface area contributed by atoms with Gasteiger partial charge in [0.1, 0.15) is 6.07 Å². The molecule has 0 saturated heterocycles. The Morgan fingerprint density at radius 3 is 2.59 bits per heavy atom. The Kier molecular flexibility index (Phi) is 3.32. The van der Waals surface area contributed by atoms with E-state index in [1.165, 1.54) is 0 Å². The number of hydrogen-bond donors (Lipinski definition) is 1. The number of benzene rings is 2. The van der Waals surface area contributed by atoms with E-state index in [1.807, 2.05) is 31.2 Å². The average Bonchev–Trinajstić information content (AvgIpc) is 2.32. The lowest BCUT2D eigenvalue weighted by Crippen LogP contribution is -1.95. The first-order valence-electron chi connectivity index (χ1n) is 5.23. The molecule has 0 unspecified atom stereocenters. The predicted octanol–water partition coefficient (Wildman–Crippen LogP) is 4.26. The minimum atomic E-state index is 0.581. The minimum Gasteiger partial charge on any atom is -0.354 e. The van der Waals surface area contributed by atoms with Crippen molar-refractivity contribution in [3.8, 4) is 6.07 Å². The number of anilines is 2. The van der Waals surface area contributed by atoms with E-state index in [1.54, 1.807) is 18.2 Å². The maximum atomic E-state index is 9.02. The number of rotatable bonds is 2. The summed E-state index contributed by atoms with van der Waals surface area (Å²) in [6.07, 6.45) is 0. The zero-order valence-electron chi connectivity index (χ0n) is 9.37. The van der Waals surface area contributed by atoms with Crippen molar-refractivity contribution >= 4 is 23.0 Å². The Morgan fingerprint density at radius 1 is 1.12 bits per heavy atom. The quantitative estimate of drug-likeness (QED) is 0.854. The van der Waals surface area contributed by atoms with E-state index in [2.05, 4.69) is 11.4 Å². The molecule has 3 heteroatoms. The zero-order chi connectivity index (χ0) is 12.3. The summed E-state index contributed by atoms with van der Waals surface area (Å²) >= 11 is 5.93. The van der Waals surface area contributed by atoms with Crippen LogP contribution < -0.4 is 5.32 Å². The van der Waals surface area contributed by atoms with E-state index in [0.29, 0.717) is 10.6 Å². The van der Waals surface area contributed by atoms with E-state index in [9.17, 15) is 0 Å². The number of para-hydroxylation sites is 1. The van der Waals surface area contributed by atoms with Gasteiger partial charge in [0.2, 0.25) is 0 Å². The summed E-state index contributed by atoms with van der Waals surface area (Å²) in [5.41, 5.74) is 3.41. The molecule has 17 heavy (non-hydrogen) atoms. The van der Waals surface area contributed by atoms with E-state index >= 15 is 0 Å². The predicted molar refractivity (Wildman–Crippen MR) is 70.6 cm³/mol. The Balaban J connectivity index is 2.40. The lowest BCUT2D eigenvalue weighted by molar-refractivity contribution is 1.41. The average molecular weight is 243 g/mol. The highest BCUT2D eigenvalue weighted by Gasteiger charge is 2.04. The highest BCUT2D eigenvalue weighted by atomic mass is 35.5. The van der Waals surface area contributed by atoms with Crippen LogP contribution in [0, 0.1) is 18.3 Å². The molecule has 0 amide bonds. The molecule has 0 spiro atoms. The van der Waals surface area contributed by atoms with Crippen LogP contribution in [0.5, 0.6) is 0 Å². The number of nitriles is 1. The number of nitrogens with zero attached hydrogens (tertiary/aromatic N) is 1. The fraction of sp³-hybridized carbons (Fsp3) is 0.0714. The Labute approximate surface area is 105 Å². The summed E-state index contributed by atoms with van der Waals surface area (Å²) in [4.78, 5) is 0. The molecule has 0 fully saturated rings. The van der Waals surface area contributed by atoms with E-state index < -0.39 is 0 Å². The van der Waals surface area contributed by atoms with Gasteiger partial charge in [-0.15, -0.1) is 0 Å². The molecule has 0 aromatic heterocycles. The van der Waals surface area contributed by atoms with Gasteiger partial charge in [0, 0.05) is 10.7 Å². The van der Waals surface area contributed by atoms with Gasteiger partial charge in [-0.2, -0.15) is 5.26 Å². The van der Waals surface area contributed by atoms with Gasteiger partial charge in [0.15, 0.2) is 0 Å². The van der Waals surface area contributed by atoms with Crippen LogP contribution in [0.15, 0.2) is 42.5 Å². The van der Waals surface area contributed by atoms with Gasteiger partial charge in [-0.3, -0.25) is 0 Å². The maximum absolute atomic E-state index is 9.02. The van der Waals surface area contributed by atoms with Gasteiger partial charge in [-0.1, -0.05) is 29.8 Å². The summed E-state index contributed by atoms with van der Waals surface area (Å²) in [5.74, 6) is 0. The molecule has 0 bridgehead atoms. The van der Waals surface area contributed by atoms with Crippen molar-refractivity contribution in [3.63, 3.8) is 0 Å². The molecule has 2 aromatic rings. The Morgan fingerprint density at radius 2 is 1.88 bits per heavy atom. The van der Waals surface area contributed by atoms with Gasteiger partial charge >= 0.3 is 0 Å². The molecule has 84 valence electrons. The van der Waals surface area contributed by atoms with Crippen molar-refractivity contribution in [2.24, 2.45) is 0 Å². The first-order chi connectivity index (χ1) is 8.20. The third-order valence-corrected chi connectivity index (χ3v) is 2.75. The smallest absolute Gasteiger partial charge is 0.101 e. The standard InChI is InChI=1S/C14H11ClN2/c1-10-4-2-3-5-13(10)17-14-8-12(15)7-6-11(14)9-16/h2-8,17H,1H3. The first-order valence-corrected chi connectivity index (χ1v) is 5.61. The van der Waals surface area contributed by atoms with Gasteiger partial charge in [-0.05, 0) is 36.8 Å². The maximum Gasteiger partial charge on any atom is 0.101 e. The summed E-state index contributed by atoms with van der Waals surface area (Å²) in [6.45, 7) is 2.01. The van der Waals surface area contributed by atoms with E-state index in [4.69, 9.17) is 16.9 Å². The molecule has 1 N–H and O–H groups in total. The Bertz CT molecular complexity index is 585. The van der Waals surface area contributed by atoms with Crippen molar-refractivity contribution in [2.45, 2.75) is 6.92 Å². The molecule has 0 aliphatic heterocycles. The summed E-state index contributed by atoms with van der Waals surface area (Å²) in [5, 5.41) is 12.9. The molecule has 0 aliphatic rings. The van der Waals surface area contributed by atoms with Crippen LogP contribution in [0.1, 0.15) is 11.1 Å². The van der Waals surface area contributed by atoms with Crippen LogP contribution in [0.2, 0.25) is 5.02 Å². The number of halogens is 1. The molecular formula is C14H11ClN2. The van der Waals surface area contributed by atoms with E-state index in [-0.39, 0.29) is 0 Å². The zero-order valence-corrected chi connectivity index (χ0v) is 10.1. The molecule has 0 atom stereocenters. The van der Waals surface area contributed by atoms with Crippen molar-refractivity contribution in [2.75, 3.05) is 5.32 Å². The number of nitrogens with one attached hydrogen (secondary N) is 1. The van der Waals surface area contributed by atoms with Gasteiger partial charge in [0.25, 0.3) is 0 Å². The van der Waals surface area contributed by atoms with Crippen LogP contribution in [-0.4, -0.2) is 0 Å². The molecule has 0 saturated carbocycles. The van der Waals surface area contributed by atoms with Crippen molar-refractivity contribution in [1.82, 2.24) is 0 Å². The molecule has 0 heterocycles. The van der Waals surface area contributed by atoms with E-state index in [0.717, 1.165) is 16.9 Å². The summed E-state index contributed by atoms with van der Waals surface area (Å²) in [7, 11) is 0. The van der Waals surface area contributed by atoms with Crippen LogP contribution in [0.4, 0.5) is 11.4 Å². The number of hydrogen-bond acceptors (Lipinski definition) is 2. The molecule has 2 rings (SSSR count). The van der Waals surface area contributed by atoms with Gasteiger partial charge in [0.05, 0.1) is 11.3 Å². The van der Waals surface area contributed by atoms with Crippen LogP contribution in [0.3, 0.4) is 0 Å². The highest BCUT2D eigenvalue weighted by Crippen LogP contribution is 2.25. The molecule has 0 aliphatic carbocycles. The monoisotopic (exact) mass is 242 g/mol. The Hall–Kier alpha value is -1.98. The molecular weight excluding hydrogens is 232 g/mol. The lowest BCUT2D eigenvalue weighted by atomic mass is 10.1. The van der Waals surface area contributed by atoms with Gasteiger partial charge < -0.3 is 5.32 Å². The third-order valence-electron chi connectivity index (χ3n) is 2.52. The minimum absolute atomic E-state index is 0.581. The molecule has 0 radical (unpaired) electrons. The second-order valence-electron chi connectivity index (χ2n) is 3.74. The first kappa shape index (κ1) is 11.5. The fourth-order valence-electron chi connectivity index (χ4n) is 1.58. The SMILES string of the molecule is Cc1ccccc1Nc1cc(Cl)ccc1C#N. The molecule has 2 nitrogen and oxygen atoms in total.